The highest BCUT2D eigenvalue weighted by atomic mass is 16.6. The number of hydrazone groups is 1. The summed E-state index contributed by atoms with van der Waals surface area (Å²) in [6.45, 7) is 0. The number of rotatable bonds is 5. The molecule has 0 bridgehead atoms. The SMILES string of the molecule is O=C(O)c1ccccc1NN=Cc1ccc([N+](=O)[O-])o1. The van der Waals surface area contributed by atoms with Gasteiger partial charge >= 0.3 is 11.9 Å². The normalized spacial score (nSPS) is 10.6. The van der Waals surface area contributed by atoms with Crippen molar-refractivity contribution in [1.82, 2.24) is 0 Å². The molecule has 20 heavy (non-hydrogen) atoms. The Kier molecular flexibility index (Phi) is 3.75. The van der Waals surface area contributed by atoms with Crippen LogP contribution in [0.5, 0.6) is 0 Å². The molecule has 0 aliphatic carbocycles. The van der Waals surface area contributed by atoms with Gasteiger partial charge in [-0.2, -0.15) is 5.10 Å². The number of benzene rings is 1. The summed E-state index contributed by atoms with van der Waals surface area (Å²) in [4.78, 5) is 20.7. The molecule has 1 aromatic carbocycles. The molecule has 0 fully saturated rings. The molecule has 0 aliphatic heterocycles. The molecule has 0 atom stereocenters. The zero-order valence-electron chi connectivity index (χ0n) is 10.0. The maximum absolute atomic E-state index is 10.9. The summed E-state index contributed by atoms with van der Waals surface area (Å²) >= 11 is 0. The van der Waals surface area contributed by atoms with E-state index in [1.54, 1.807) is 18.2 Å². The van der Waals surface area contributed by atoms with Gasteiger partial charge in [0.05, 0.1) is 23.5 Å². The maximum Gasteiger partial charge on any atom is 0.433 e. The summed E-state index contributed by atoms with van der Waals surface area (Å²) in [5.41, 5.74) is 2.91. The Hall–Kier alpha value is -3.16. The number of carboxylic acids is 1. The van der Waals surface area contributed by atoms with Crippen LogP contribution in [0.15, 0.2) is 45.9 Å². The van der Waals surface area contributed by atoms with Crippen LogP contribution in [-0.4, -0.2) is 22.2 Å². The Labute approximate surface area is 112 Å². The lowest BCUT2D eigenvalue weighted by Gasteiger charge is -2.03. The standard InChI is InChI=1S/C12H9N3O5/c16-12(17)9-3-1-2-4-10(9)14-13-7-8-5-6-11(20-8)15(18)19/h1-7,14H,(H,16,17). The fourth-order valence-electron chi connectivity index (χ4n) is 1.44. The number of anilines is 1. The number of nitrogens with zero attached hydrogens (tertiary/aromatic N) is 2. The summed E-state index contributed by atoms with van der Waals surface area (Å²) in [7, 11) is 0. The molecule has 2 N–H and O–H groups in total. The van der Waals surface area contributed by atoms with Crippen LogP contribution in [0.1, 0.15) is 16.1 Å². The summed E-state index contributed by atoms with van der Waals surface area (Å²) in [6.07, 6.45) is 1.21. The first-order valence-corrected chi connectivity index (χ1v) is 5.43. The smallest absolute Gasteiger partial charge is 0.433 e. The average Bonchev–Trinajstić information content (AvgIpc) is 2.88. The number of furan rings is 1. The minimum absolute atomic E-state index is 0.0649. The summed E-state index contributed by atoms with van der Waals surface area (Å²) < 4.78 is 4.86. The number of carboxylic acid groups (broad SMARTS) is 1. The number of para-hydroxylation sites is 1. The highest BCUT2D eigenvalue weighted by Crippen LogP contribution is 2.16. The second kappa shape index (κ2) is 5.65. The van der Waals surface area contributed by atoms with Gasteiger partial charge in [-0.25, -0.2) is 4.79 Å². The van der Waals surface area contributed by atoms with Gasteiger partial charge in [0.1, 0.15) is 4.92 Å². The molecule has 1 aromatic heterocycles. The predicted molar refractivity (Wildman–Crippen MR) is 70.0 cm³/mol. The van der Waals surface area contributed by atoms with Gasteiger partial charge in [-0.3, -0.25) is 15.5 Å². The van der Waals surface area contributed by atoms with E-state index in [4.69, 9.17) is 9.52 Å². The zero-order valence-corrected chi connectivity index (χ0v) is 10.0. The Morgan fingerprint density at radius 2 is 2.10 bits per heavy atom. The van der Waals surface area contributed by atoms with Crippen molar-refractivity contribution in [2.24, 2.45) is 5.10 Å². The molecule has 2 rings (SSSR count). The van der Waals surface area contributed by atoms with Gasteiger partial charge < -0.3 is 9.52 Å². The van der Waals surface area contributed by atoms with Crippen LogP contribution in [0.25, 0.3) is 0 Å². The molecule has 1 heterocycles. The second-order valence-electron chi connectivity index (χ2n) is 3.65. The minimum atomic E-state index is -1.09. The third kappa shape index (κ3) is 2.99. The molecule has 2 aromatic rings. The average molecular weight is 275 g/mol. The van der Waals surface area contributed by atoms with E-state index in [2.05, 4.69) is 10.5 Å². The van der Waals surface area contributed by atoms with E-state index in [9.17, 15) is 14.9 Å². The molecular weight excluding hydrogens is 266 g/mol. The molecule has 0 saturated carbocycles. The van der Waals surface area contributed by atoms with Gasteiger partial charge in [0.2, 0.25) is 0 Å². The van der Waals surface area contributed by atoms with E-state index in [1.807, 2.05) is 0 Å². The van der Waals surface area contributed by atoms with Crippen LogP contribution in [0.3, 0.4) is 0 Å². The van der Waals surface area contributed by atoms with Gasteiger partial charge in [-0.05, 0) is 18.2 Å². The molecule has 0 spiro atoms. The molecule has 0 radical (unpaired) electrons. The van der Waals surface area contributed by atoms with E-state index in [-0.39, 0.29) is 11.3 Å². The quantitative estimate of drug-likeness (QED) is 0.491. The topological polar surface area (TPSA) is 118 Å². The van der Waals surface area contributed by atoms with Gasteiger partial charge in [0.15, 0.2) is 5.76 Å². The van der Waals surface area contributed by atoms with E-state index < -0.39 is 16.8 Å². The van der Waals surface area contributed by atoms with Crippen molar-refractivity contribution in [3.8, 4) is 0 Å². The van der Waals surface area contributed by atoms with Crippen LogP contribution in [0, 0.1) is 10.1 Å². The first kappa shape index (κ1) is 13.3. The summed E-state index contributed by atoms with van der Waals surface area (Å²) in [6, 6.07) is 8.80. The summed E-state index contributed by atoms with van der Waals surface area (Å²) in [5, 5.41) is 23.1. The van der Waals surface area contributed by atoms with Crippen LogP contribution in [-0.2, 0) is 0 Å². The molecule has 8 nitrogen and oxygen atoms in total. The van der Waals surface area contributed by atoms with Crippen molar-refractivity contribution < 1.29 is 19.2 Å². The van der Waals surface area contributed by atoms with Crippen LogP contribution in [0.2, 0.25) is 0 Å². The summed E-state index contributed by atoms with van der Waals surface area (Å²) in [5.74, 6) is -1.30. The fraction of sp³-hybridized carbons (Fsp3) is 0. The second-order valence-corrected chi connectivity index (χ2v) is 3.65. The molecular formula is C12H9N3O5. The molecule has 0 aliphatic rings. The van der Waals surface area contributed by atoms with Crippen LogP contribution >= 0.6 is 0 Å². The highest BCUT2D eigenvalue weighted by molar-refractivity contribution is 5.94. The first-order valence-electron chi connectivity index (χ1n) is 5.43. The lowest BCUT2D eigenvalue weighted by molar-refractivity contribution is -0.402. The van der Waals surface area contributed by atoms with E-state index in [0.29, 0.717) is 5.69 Å². The van der Waals surface area contributed by atoms with E-state index in [1.165, 1.54) is 24.4 Å². The molecule has 8 heteroatoms. The van der Waals surface area contributed by atoms with Crippen molar-refractivity contribution >= 4 is 23.8 Å². The number of hydrogen-bond donors (Lipinski definition) is 2. The Morgan fingerprint density at radius 3 is 2.75 bits per heavy atom. The van der Waals surface area contributed by atoms with Crippen molar-refractivity contribution in [3.05, 3.63) is 57.8 Å². The van der Waals surface area contributed by atoms with Crippen molar-refractivity contribution in [1.29, 1.82) is 0 Å². The van der Waals surface area contributed by atoms with Crippen molar-refractivity contribution in [2.45, 2.75) is 0 Å². The molecule has 102 valence electrons. The van der Waals surface area contributed by atoms with Gasteiger partial charge in [0.25, 0.3) is 0 Å². The minimum Gasteiger partial charge on any atom is -0.478 e. The van der Waals surface area contributed by atoms with Gasteiger partial charge in [-0.15, -0.1) is 0 Å². The molecule has 0 unspecified atom stereocenters. The fourth-order valence-corrected chi connectivity index (χ4v) is 1.44. The monoisotopic (exact) mass is 275 g/mol. The lowest BCUT2D eigenvalue weighted by atomic mass is 10.2. The lowest BCUT2D eigenvalue weighted by Crippen LogP contribution is -2.01. The van der Waals surface area contributed by atoms with Crippen molar-refractivity contribution in [2.75, 3.05) is 5.43 Å². The number of nitro groups is 1. The van der Waals surface area contributed by atoms with E-state index >= 15 is 0 Å². The highest BCUT2D eigenvalue weighted by Gasteiger charge is 2.10. The Bertz CT molecular complexity index is 677. The first-order chi connectivity index (χ1) is 9.58. The van der Waals surface area contributed by atoms with E-state index in [0.717, 1.165) is 0 Å². The largest absolute Gasteiger partial charge is 0.478 e. The maximum atomic E-state index is 10.9. The Balaban J connectivity index is 2.10. The zero-order chi connectivity index (χ0) is 14.5. The number of hydrogen-bond acceptors (Lipinski definition) is 6. The van der Waals surface area contributed by atoms with Crippen molar-refractivity contribution in [3.63, 3.8) is 0 Å². The molecule has 0 amide bonds. The third-order valence-corrected chi connectivity index (χ3v) is 2.33. The number of nitrogens with one attached hydrogen (secondary N) is 1. The van der Waals surface area contributed by atoms with Crippen LogP contribution < -0.4 is 5.43 Å². The Morgan fingerprint density at radius 1 is 1.35 bits per heavy atom. The molecule has 0 saturated heterocycles. The number of carbonyl (C=O) groups is 1. The van der Waals surface area contributed by atoms with Gasteiger partial charge in [0, 0.05) is 0 Å². The van der Waals surface area contributed by atoms with Gasteiger partial charge in [-0.1, -0.05) is 12.1 Å². The number of aromatic carboxylic acids is 1. The third-order valence-electron chi connectivity index (χ3n) is 2.33. The predicted octanol–water partition coefficient (Wildman–Crippen LogP) is 2.33. The van der Waals surface area contributed by atoms with Crippen LogP contribution in [0.4, 0.5) is 11.6 Å².